The van der Waals surface area contributed by atoms with Crippen molar-refractivity contribution in [2.24, 2.45) is 0 Å². The van der Waals surface area contributed by atoms with Gasteiger partial charge in [-0.2, -0.15) is 5.10 Å². The first-order valence-electron chi connectivity index (χ1n) is 6.33. The largest absolute Gasteiger partial charge is 0.267 e. The minimum atomic E-state index is -3.37. The Bertz CT molecular complexity index is 910. The van der Waals surface area contributed by atoms with Gasteiger partial charge in [-0.1, -0.05) is 6.07 Å². The van der Waals surface area contributed by atoms with Crippen molar-refractivity contribution in [2.75, 3.05) is 11.0 Å². The predicted octanol–water partition coefficient (Wildman–Crippen LogP) is 2.10. The average molecular weight is 302 g/mol. The van der Waals surface area contributed by atoms with Crippen LogP contribution in [0.1, 0.15) is 5.69 Å². The number of benzene rings is 1. The monoisotopic (exact) mass is 302 g/mol. The summed E-state index contributed by atoms with van der Waals surface area (Å²) in [6.45, 7) is 1.81. The molecule has 0 atom stereocenters. The fourth-order valence-electron chi connectivity index (χ4n) is 2.22. The number of hydrogen-bond donors (Lipinski definition) is 1. The minimum Gasteiger partial charge on any atom is -0.267 e. The number of fused-ring (bicyclic) bond motifs is 1. The summed E-state index contributed by atoms with van der Waals surface area (Å²) >= 11 is 0. The number of sulfonamides is 1. The Labute approximate surface area is 122 Å². The van der Waals surface area contributed by atoms with Crippen LogP contribution in [0.15, 0.2) is 42.6 Å². The molecule has 1 aromatic carbocycles. The molecule has 6 nitrogen and oxygen atoms in total. The number of hydrogen-bond acceptors (Lipinski definition) is 4. The Kier molecular flexibility index (Phi) is 3.13. The number of pyridine rings is 1. The minimum absolute atomic E-state index is 0.409. The van der Waals surface area contributed by atoms with Crippen LogP contribution in [0.3, 0.4) is 0 Å². The Morgan fingerprint density at radius 2 is 2.00 bits per heavy atom. The van der Waals surface area contributed by atoms with E-state index in [0.29, 0.717) is 5.82 Å². The summed E-state index contributed by atoms with van der Waals surface area (Å²) < 4.78 is 27.1. The SMILES string of the molecule is Cc1cc(NS(C)(=O)=O)n(-c2cccc3ncccc23)n1. The first-order chi connectivity index (χ1) is 9.94. The molecule has 2 heterocycles. The molecule has 0 saturated carbocycles. The Morgan fingerprint density at radius 3 is 2.76 bits per heavy atom. The van der Waals surface area contributed by atoms with E-state index in [-0.39, 0.29) is 0 Å². The highest BCUT2D eigenvalue weighted by atomic mass is 32.2. The average Bonchev–Trinajstić information content (AvgIpc) is 2.76. The maximum absolute atomic E-state index is 11.5. The van der Waals surface area contributed by atoms with Gasteiger partial charge >= 0.3 is 0 Å². The van der Waals surface area contributed by atoms with Gasteiger partial charge in [0.05, 0.1) is 23.2 Å². The van der Waals surface area contributed by atoms with E-state index in [2.05, 4.69) is 14.8 Å². The molecular weight excluding hydrogens is 288 g/mol. The van der Waals surface area contributed by atoms with Crippen molar-refractivity contribution in [3.8, 4) is 5.69 Å². The molecule has 0 saturated heterocycles. The highest BCUT2D eigenvalue weighted by molar-refractivity contribution is 7.92. The van der Waals surface area contributed by atoms with Crippen LogP contribution in [0.4, 0.5) is 5.82 Å². The third-order valence-electron chi connectivity index (χ3n) is 2.97. The molecule has 0 radical (unpaired) electrons. The number of nitrogens with zero attached hydrogens (tertiary/aromatic N) is 3. The summed E-state index contributed by atoms with van der Waals surface area (Å²) in [5, 5.41) is 5.28. The van der Waals surface area contributed by atoms with Crippen molar-refractivity contribution >= 4 is 26.7 Å². The zero-order valence-corrected chi connectivity index (χ0v) is 12.4. The first-order valence-corrected chi connectivity index (χ1v) is 8.22. The van der Waals surface area contributed by atoms with Gasteiger partial charge in [0, 0.05) is 17.6 Å². The van der Waals surface area contributed by atoms with E-state index in [0.717, 1.165) is 28.5 Å². The van der Waals surface area contributed by atoms with Crippen LogP contribution in [0.25, 0.3) is 16.6 Å². The molecule has 0 bridgehead atoms. The van der Waals surface area contributed by atoms with Gasteiger partial charge in [0.1, 0.15) is 5.82 Å². The van der Waals surface area contributed by atoms with E-state index in [1.807, 2.05) is 37.3 Å². The molecule has 108 valence electrons. The van der Waals surface area contributed by atoms with E-state index >= 15 is 0 Å². The van der Waals surface area contributed by atoms with Gasteiger partial charge in [-0.25, -0.2) is 13.1 Å². The molecule has 0 unspecified atom stereocenters. The highest BCUT2D eigenvalue weighted by Gasteiger charge is 2.13. The van der Waals surface area contributed by atoms with Crippen LogP contribution in [-0.2, 0) is 10.0 Å². The Hall–Kier alpha value is -2.41. The summed E-state index contributed by atoms with van der Waals surface area (Å²) in [4.78, 5) is 4.30. The lowest BCUT2D eigenvalue weighted by molar-refractivity contribution is 0.606. The normalized spacial score (nSPS) is 11.7. The predicted molar refractivity (Wildman–Crippen MR) is 82.1 cm³/mol. The molecule has 0 fully saturated rings. The van der Waals surface area contributed by atoms with Crippen molar-refractivity contribution < 1.29 is 8.42 Å². The molecule has 1 N–H and O–H groups in total. The standard InChI is InChI=1S/C14H14N4O2S/c1-10-9-14(17-21(2,19)20)18(16-10)13-7-3-6-12-11(13)5-4-8-15-12/h3-9,17H,1-2H3. The first kappa shape index (κ1) is 13.6. The number of anilines is 1. The van der Waals surface area contributed by atoms with Gasteiger partial charge in [0.2, 0.25) is 10.0 Å². The summed E-state index contributed by atoms with van der Waals surface area (Å²) in [5.41, 5.74) is 2.33. The van der Waals surface area contributed by atoms with Crippen molar-refractivity contribution in [1.29, 1.82) is 0 Å². The van der Waals surface area contributed by atoms with E-state index in [1.54, 1.807) is 16.9 Å². The molecule has 0 aliphatic rings. The molecule has 21 heavy (non-hydrogen) atoms. The molecule has 2 aromatic heterocycles. The number of aromatic nitrogens is 3. The van der Waals surface area contributed by atoms with E-state index in [9.17, 15) is 8.42 Å². The van der Waals surface area contributed by atoms with Gasteiger partial charge < -0.3 is 0 Å². The summed E-state index contributed by atoms with van der Waals surface area (Å²) in [6.07, 6.45) is 2.83. The Balaban J connectivity index is 2.24. The summed E-state index contributed by atoms with van der Waals surface area (Å²) in [7, 11) is -3.37. The number of rotatable bonds is 3. The van der Waals surface area contributed by atoms with Gasteiger partial charge in [-0.05, 0) is 31.2 Å². The topological polar surface area (TPSA) is 76.9 Å². The van der Waals surface area contributed by atoms with Gasteiger partial charge in [-0.3, -0.25) is 9.71 Å². The van der Waals surface area contributed by atoms with Crippen molar-refractivity contribution in [3.05, 3.63) is 48.3 Å². The maximum atomic E-state index is 11.5. The second kappa shape index (κ2) is 4.85. The van der Waals surface area contributed by atoms with Gasteiger partial charge in [0.25, 0.3) is 0 Å². The molecule has 7 heteroatoms. The van der Waals surface area contributed by atoms with E-state index in [1.165, 1.54) is 0 Å². The summed E-state index contributed by atoms with van der Waals surface area (Å²) in [5.74, 6) is 0.409. The van der Waals surface area contributed by atoms with Crippen molar-refractivity contribution in [3.63, 3.8) is 0 Å². The number of nitrogens with one attached hydrogen (secondary N) is 1. The second-order valence-corrected chi connectivity index (χ2v) is 6.55. The van der Waals surface area contributed by atoms with Crippen LogP contribution in [0.5, 0.6) is 0 Å². The second-order valence-electron chi connectivity index (χ2n) is 4.80. The lowest BCUT2D eigenvalue weighted by Gasteiger charge is -2.10. The lowest BCUT2D eigenvalue weighted by atomic mass is 10.2. The Morgan fingerprint density at radius 1 is 1.19 bits per heavy atom. The van der Waals surface area contributed by atoms with E-state index < -0.39 is 10.0 Å². The molecule has 3 rings (SSSR count). The molecule has 0 aliphatic carbocycles. The van der Waals surface area contributed by atoms with Crippen LogP contribution in [0, 0.1) is 6.92 Å². The molecule has 0 aliphatic heterocycles. The van der Waals surface area contributed by atoms with Crippen molar-refractivity contribution in [2.45, 2.75) is 6.92 Å². The third-order valence-corrected chi connectivity index (χ3v) is 3.55. The fourth-order valence-corrected chi connectivity index (χ4v) is 2.74. The maximum Gasteiger partial charge on any atom is 0.230 e. The zero-order chi connectivity index (χ0) is 15.0. The summed E-state index contributed by atoms with van der Waals surface area (Å²) in [6, 6.07) is 11.1. The van der Waals surface area contributed by atoms with Crippen LogP contribution < -0.4 is 4.72 Å². The van der Waals surface area contributed by atoms with Gasteiger partial charge in [0.15, 0.2) is 0 Å². The van der Waals surface area contributed by atoms with Crippen LogP contribution >= 0.6 is 0 Å². The van der Waals surface area contributed by atoms with Crippen molar-refractivity contribution in [1.82, 2.24) is 14.8 Å². The van der Waals surface area contributed by atoms with Crippen LogP contribution in [-0.4, -0.2) is 29.4 Å². The molecule has 0 amide bonds. The lowest BCUT2D eigenvalue weighted by Crippen LogP contribution is -2.13. The quantitative estimate of drug-likeness (QED) is 0.804. The molecule has 0 spiro atoms. The molecular formula is C14H14N4O2S. The smallest absolute Gasteiger partial charge is 0.230 e. The third kappa shape index (κ3) is 2.73. The number of aryl methyl sites for hydroxylation is 1. The van der Waals surface area contributed by atoms with Crippen LogP contribution in [0.2, 0.25) is 0 Å². The van der Waals surface area contributed by atoms with Gasteiger partial charge in [-0.15, -0.1) is 0 Å². The highest BCUT2D eigenvalue weighted by Crippen LogP contribution is 2.24. The fraction of sp³-hybridized carbons (Fsp3) is 0.143. The zero-order valence-electron chi connectivity index (χ0n) is 11.6. The molecule has 3 aromatic rings. The van der Waals surface area contributed by atoms with E-state index in [4.69, 9.17) is 0 Å².